The number of allylic oxidation sites excluding steroid dienone is 1. The number of benzene rings is 3. The Balaban J connectivity index is 1.88. The fraction of sp³-hybridized carbons (Fsp3) is 0.323. The number of rotatable bonds is 6. The Hall–Kier alpha value is -4.33. The lowest BCUT2D eigenvalue weighted by Crippen LogP contribution is -2.52. The summed E-state index contributed by atoms with van der Waals surface area (Å²) in [5.74, 6) is -0.320. The van der Waals surface area contributed by atoms with Gasteiger partial charge in [0.2, 0.25) is 5.43 Å². The second-order valence-electron chi connectivity index (χ2n) is 10.3. The third kappa shape index (κ3) is 4.30. The van der Waals surface area contributed by atoms with Gasteiger partial charge in [-0.1, -0.05) is 36.4 Å². The number of nitrogens with zero attached hydrogens (tertiary/aromatic N) is 1. The van der Waals surface area contributed by atoms with Crippen LogP contribution in [-0.2, 0) is 26.1 Å². The summed E-state index contributed by atoms with van der Waals surface area (Å²) in [6.45, 7) is 8.48. The number of carbonyl (C=O) groups is 2. The van der Waals surface area contributed by atoms with Gasteiger partial charge >= 0.3 is 11.9 Å². The average Bonchev–Trinajstić information content (AvgIpc) is 2.90. The molecule has 2 atom stereocenters. The van der Waals surface area contributed by atoms with E-state index in [1.807, 2.05) is 48.0 Å². The summed E-state index contributed by atoms with van der Waals surface area (Å²) in [6.07, 6.45) is 0.175. The van der Waals surface area contributed by atoms with Crippen molar-refractivity contribution in [3.8, 4) is 11.5 Å². The predicted octanol–water partition coefficient (Wildman–Crippen LogP) is 5.51. The number of carbonyl (C=O) groups excluding carboxylic acids is 2. The van der Waals surface area contributed by atoms with E-state index >= 15 is 0 Å². The maximum Gasteiger partial charge on any atom is 0.306 e. The van der Waals surface area contributed by atoms with Crippen LogP contribution in [0.25, 0.3) is 32.6 Å². The van der Waals surface area contributed by atoms with Crippen LogP contribution in [-0.4, -0.2) is 35.3 Å². The number of ether oxygens (including phenoxy) is 4. The highest BCUT2D eigenvalue weighted by Crippen LogP contribution is 2.49. The van der Waals surface area contributed by atoms with E-state index in [0.717, 1.165) is 10.8 Å². The van der Waals surface area contributed by atoms with Crippen LogP contribution in [0.4, 0.5) is 0 Å². The lowest BCUT2D eigenvalue weighted by Gasteiger charge is -2.43. The van der Waals surface area contributed by atoms with Crippen molar-refractivity contribution in [2.45, 2.75) is 51.4 Å². The van der Waals surface area contributed by atoms with Crippen LogP contribution in [0, 0.1) is 0 Å². The highest BCUT2D eigenvalue weighted by atomic mass is 16.6. The Bertz CT molecular complexity index is 1720. The smallest absolute Gasteiger partial charge is 0.306 e. The van der Waals surface area contributed by atoms with Gasteiger partial charge in [0.15, 0.2) is 12.2 Å². The number of hydrogen-bond donors (Lipinski definition) is 0. The van der Waals surface area contributed by atoms with Crippen molar-refractivity contribution in [2.75, 3.05) is 7.11 Å². The molecule has 5 rings (SSSR count). The van der Waals surface area contributed by atoms with Crippen LogP contribution in [0.1, 0.15) is 45.3 Å². The molecule has 4 aromatic rings. The van der Waals surface area contributed by atoms with Gasteiger partial charge in [0.1, 0.15) is 17.1 Å². The first-order valence-electron chi connectivity index (χ1n) is 12.8. The van der Waals surface area contributed by atoms with Gasteiger partial charge in [0.05, 0.1) is 34.5 Å². The van der Waals surface area contributed by atoms with Gasteiger partial charge in [-0.2, -0.15) is 0 Å². The summed E-state index contributed by atoms with van der Waals surface area (Å²) in [5, 5.41) is 2.63. The maximum absolute atomic E-state index is 14.2. The molecule has 0 radical (unpaired) electrons. The highest BCUT2D eigenvalue weighted by molar-refractivity contribution is 6.11. The zero-order valence-corrected chi connectivity index (χ0v) is 22.7. The third-order valence-corrected chi connectivity index (χ3v) is 7.27. The van der Waals surface area contributed by atoms with Gasteiger partial charge in [0.25, 0.3) is 0 Å². The number of methoxy groups -OCH3 is 1. The Morgan fingerprint density at radius 1 is 1.13 bits per heavy atom. The summed E-state index contributed by atoms with van der Waals surface area (Å²) in [4.78, 5) is 39.4. The Kier molecular flexibility index (Phi) is 6.58. The zero-order chi connectivity index (χ0) is 28.1. The third-order valence-electron chi connectivity index (χ3n) is 7.27. The fourth-order valence-electron chi connectivity index (χ4n) is 5.53. The number of pyridine rings is 1. The minimum Gasteiger partial charge on any atom is -0.496 e. The second kappa shape index (κ2) is 9.76. The zero-order valence-electron chi connectivity index (χ0n) is 22.7. The molecule has 1 aromatic heterocycles. The molecule has 0 aliphatic carbocycles. The molecule has 39 heavy (non-hydrogen) atoms. The molecule has 202 valence electrons. The second-order valence-corrected chi connectivity index (χ2v) is 10.3. The molecule has 0 N–H and O–H groups in total. The Morgan fingerprint density at radius 3 is 2.56 bits per heavy atom. The quantitative estimate of drug-likeness (QED) is 0.141. The summed E-state index contributed by atoms with van der Waals surface area (Å²) in [7, 11) is 3.34. The van der Waals surface area contributed by atoms with Gasteiger partial charge in [-0.3, -0.25) is 14.4 Å². The minimum absolute atomic E-state index is 0.120. The van der Waals surface area contributed by atoms with E-state index in [1.54, 1.807) is 26.0 Å². The first-order chi connectivity index (χ1) is 18.6. The topological polar surface area (TPSA) is 93.1 Å². The van der Waals surface area contributed by atoms with Gasteiger partial charge in [-0.25, -0.2) is 0 Å². The van der Waals surface area contributed by atoms with Crippen LogP contribution in [0.3, 0.4) is 0 Å². The van der Waals surface area contributed by atoms with Crippen LogP contribution in [0.5, 0.6) is 11.5 Å². The molecule has 1 aliphatic heterocycles. The van der Waals surface area contributed by atoms with Crippen molar-refractivity contribution in [2.24, 2.45) is 7.05 Å². The Morgan fingerprint density at radius 2 is 1.87 bits per heavy atom. The first kappa shape index (κ1) is 26.3. The van der Waals surface area contributed by atoms with Crippen molar-refractivity contribution < 1.29 is 28.5 Å². The summed E-state index contributed by atoms with van der Waals surface area (Å²) < 4.78 is 25.7. The molecule has 0 saturated heterocycles. The fourth-order valence-corrected chi connectivity index (χ4v) is 5.53. The largest absolute Gasteiger partial charge is 0.496 e. The summed E-state index contributed by atoms with van der Waals surface area (Å²) in [6, 6.07) is 13.2. The molecular formula is C31H31NO7. The van der Waals surface area contributed by atoms with Crippen LogP contribution in [0.2, 0.25) is 0 Å². The predicted molar refractivity (Wildman–Crippen MR) is 149 cm³/mol. The number of aromatic nitrogens is 1. The summed E-state index contributed by atoms with van der Waals surface area (Å²) >= 11 is 0. The molecule has 0 fully saturated rings. The van der Waals surface area contributed by atoms with Gasteiger partial charge in [-0.15, -0.1) is 6.58 Å². The molecule has 2 heterocycles. The molecule has 0 spiro atoms. The molecule has 1 aliphatic rings. The normalized spacial score (nSPS) is 17.9. The molecular weight excluding hydrogens is 498 g/mol. The van der Waals surface area contributed by atoms with E-state index in [0.29, 0.717) is 45.3 Å². The lowest BCUT2D eigenvalue weighted by atomic mass is 9.86. The van der Waals surface area contributed by atoms with E-state index in [2.05, 4.69) is 6.58 Å². The lowest BCUT2D eigenvalue weighted by molar-refractivity contribution is -0.189. The number of hydrogen-bond acceptors (Lipinski definition) is 7. The molecule has 2 unspecified atom stereocenters. The van der Waals surface area contributed by atoms with Gasteiger partial charge in [0, 0.05) is 26.5 Å². The van der Waals surface area contributed by atoms with E-state index in [4.69, 9.17) is 18.9 Å². The van der Waals surface area contributed by atoms with Crippen LogP contribution in [0.15, 0.2) is 59.9 Å². The average molecular weight is 530 g/mol. The minimum atomic E-state index is -1.07. The maximum atomic E-state index is 14.2. The van der Waals surface area contributed by atoms with Gasteiger partial charge < -0.3 is 23.5 Å². The SMILES string of the molecule is C=CCCC(=O)OC1C(OC(C)=O)c2c(cc(OC)c3c(=O)c4c5ccccc5ccc4n(C)c23)OC1(C)C. The Labute approximate surface area is 225 Å². The highest BCUT2D eigenvalue weighted by Gasteiger charge is 2.50. The van der Waals surface area contributed by atoms with E-state index in [1.165, 1.54) is 14.0 Å². The van der Waals surface area contributed by atoms with Crippen LogP contribution >= 0.6 is 0 Å². The van der Waals surface area contributed by atoms with E-state index < -0.39 is 29.7 Å². The van der Waals surface area contributed by atoms with Crippen molar-refractivity contribution in [3.05, 3.63) is 70.9 Å². The standard InChI is InChI=1S/C31H31NO7/c1-7-8-13-23(34)38-30-29(37-17(2)33)26-22(39-31(30,3)4)16-21(36-6)25-27(26)32(5)20-15-14-18-11-9-10-12-19(18)24(20)28(25)35/h7,9-12,14-16,29-30H,1,8,13H2,2-6H3. The number of aryl methyl sites for hydroxylation is 1. The first-order valence-corrected chi connectivity index (χ1v) is 12.8. The number of fused-ring (bicyclic) bond motifs is 6. The molecule has 3 aromatic carbocycles. The van der Waals surface area contributed by atoms with Crippen molar-refractivity contribution in [1.29, 1.82) is 0 Å². The molecule has 8 heteroatoms. The molecule has 0 bridgehead atoms. The van der Waals surface area contributed by atoms with Gasteiger partial charge in [-0.05, 0) is 37.1 Å². The van der Waals surface area contributed by atoms with Crippen LogP contribution < -0.4 is 14.9 Å². The van der Waals surface area contributed by atoms with Crippen molar-refractivity contribution in [1.82, 2.24) is 4.57 Å². The van der Waals surface area contributed by atoms with Crippen molar-refractivity contribution >= 4 is 44.5 Å². The van der Waals surface area contributed by atoms with E-state index in [9.17, 15) is 14.4 Å². The number of esters is 2. The molecule has 8 nitrogen and oxygen atoms in total. The summed E-state index contributed by atoms with van der Waals surface area (Å²) in [5.41, 5.74) is 0.317. The molecule has 0 amide bonds. The van der Waals surface area contributed by atoms with Crippen molar-refractivity contribution in [3.63, 3.8) is 0 Å². The van der Waals surface area contributed by atoms with E-state index in [-0.39, 0.29) is 11.8 Å². The molecule has 0 saturated carbocycles. The monoisotopic (exact) mass is 529 g/mol.